The van der Waals surface area contributed by atoms with Gasteiger partial charge in [0.05, 0.1) is 17.8 Å². The van der Waals surface area contributed by atoms with Gasteiger partial charge >= 0.3 is 0 Å². The Morgan fingerprint density at radius 1 is 1.21 bits per heavy atom. The molecule has 190 valence electrons. The topological polar surface area (TPSA) is 60.7 Å². The predicted molar refractivity (Wildman–Crippen MR) is 142 cm³/mol. The minimum atomic E-state index is -0.699. The Morgan fingerprint density at radius 3 is 2.59 bits per heavy atom. The molecular formula is C31H48O3. The molecule has 0 aromatic heterocycles. The van der Waals surface area contributed by atoms with Crippen molar-refractivity contribution in [3.8, 4) is 0 Å². The molecule has 3 nitrogen and oxygen atoms in total. The summed E-state index contributed by atoms with van der Waals surface area (Å²) in [5, 5.41) is 30.9. The lowest BCUT2D eigenvalue weighted by atomic mass is 9.61. The molecule has 0 bridgehead atoms. The maximum absolute atomic E-state index is 10.6. The fraction of sp³-hybridized carbons (Fsp3) is 0.677. The highest BCUT2D eigenvalue weighted by Gasteiger charge is 2.50. The number of allylic oxidation sites excluding steroid dienone is 6. The van der Waals surface area contributed by atoms with Crippen LogP contribution < -0.4 is 0 Å². The molecule has 0 saturated heterocycles. The van der Waals surface area contributed by atoms with Gasteiger partial charge in [-0.25, -0.2) is 0 Å². The van der Waals surface area contributed by atoms with Crippen molar-refractivity contribution in [1.29, 1.82) is 0 Å². The highest BCUT2D eigenvalue weighted by molar-refractivity contribution is 5.38. The summed E-state index contributed by atoms with van der Waals surface area (Å²) >= 11 is 0. The van der Waals surface area contributed by atoms with Gasteiger partial charge in [0.2, 0.25) is 0 Å². The lowest BCUT2D eigenvalue weighted by Crippen LogP contribution is -2.35. The van der Waals surface area contributed by atoms with Crippen LogP contribution in [0.3, 0.4) is 0 Å². The summed E-state index contributed by atoms with van der Waals surface area (Å²) in [6.45, 7) is 15.1. The molecule has 0 spiro atoms. The van der Waals surface area contributed by atoms with Gasteiger partial charge in [-0.1, -0.05) is 75.8 Å². The molecule has 6 atom stereocenters. The quantitative estimate of drug-likeness (QED) is 0.359. The van der Waals surface area contributed by atoms with E-state index < -0.39 is 17.8 Å². The third kappa shape index (κ3) is 5.86. The van der Waals surface area contributed by atoms with Crippen LogP contribution in [0.2, 0.25) is 0 Å². The van der Waals surface area contributed by atoms with Gasteiger partial charge in [-0.15, -0.1) is 0 Å². The summed E-state index contributed by atoms with van der Waals surface area (Å²) in [7, 11) is 0. The van der Waals surface area contributed by atoms with Crippen molar-refractivity contribution >= 4 is 0 Å². The van der Waals surface area contributed by atoms with Crippen LogP contribution in [0, 0.1) is 23.2 Å². The summed E-state index contributed by atoms with van der Waals surface area (Å²) < 4.78 is 0. The zero-order chi connectivity index (χ0) is 25.1. The molecular weight excluding hydrogens is 420 g/mol. The normalized spacial score (nSPS) is 36.5. The van der Waals surface area contributed by atoms with Crippen molar-refractivity contribution in [2.45, 2.75) is 110 Å². The van der Waals surface area contributed by atoms with Crippen LogP contribution in [-0.4, -0.2) is 33.1 Å². The van der Waals surface area contributed by atoms with Gasteiger partial charge in [0.25, 0.3) is 0 Å². The molecule has 3 saturated carbocycles. The van der Waals surface area contributed by atoms with Crippen LogP contribution in [0.1, 0.15) is 92.4 Å². The van der Waals surface area contributed by atoms with E-state index >= 15 is 0 Å². The van der Waals surface area contributed by atoms with E-state index in [4.69, 9.17) is 0 Å². The molecule has 3 heteroatoms. The Bertz CT molecular complexity index is 856. The molecule has 3 aliphatic rings. The fourth-order valence-corrected chi connectivity index (χ4v) is 6.97. The minimum Gasteiger partial charge on any atom is -0.393 e. The zero-order valence-electron chi connectivity index (χ0n) is 22.2. The molecule has 0 radical (unpaired) electrons. The van der Waals surface area contributed by atoms with Crippen molar-refractivity contribution in [3.05, 3.63) is 59.3 Å². The predicted octanol–water partition coefficient (Wildman–Crippen LogP) is 6.82. The van der Waals surface area contributed by atoms with E-state index in [0.29, 0.717) is 36.0 Å². The van der Waals surface area contributed by atoms with Gasteiger partial charge in [-0.2, -0.15) is 0 Å². The molecule has 3 aliphatic carbocycles. The number of aliphatic hydroxyl groups is 3. The highest BCUT2D eigenvalue weighted by atomic mass is 16.3. The number of rotatable bonds is 7. The van der Waals surface area contributed by atoms with Crippen LogP contribution in [0.15, 0.2) is 59.3 Å². The average Bonchev–Trinajstić information content (AvgIpc) is 3.16. The molecule has 0 heterocycles. The molecule has 0 aliphatic heterocycles. The van der Waals surface area contributed by atoms with Crippen LogP contribution in [0.25, 0.3) is 0 Å². The molecule has 3 N–H and O–H groups in total. The number of aliphatic hydroxyl groups excluding tert-OH is 2. The minimum absolute atomic E-state index is 0.306. The third-order valence-corrected chi connectivity index (χ3v) is 9.32. The lowest BCUT2D eigenvalue weighted by molar-refractivity contribution is 0.0821. The molecule has 3 rings (SSSR count). The van der Waals surface area contributed by atoms with E-state index in [-0.39, 0.29) is 0 Å². The zero-order valence-corrected chi connectivity index (χ0v) is 22.2. The average molecular weight is 469 g/mol. The van der Waals surface area contributed by atoms with Gasteiger partial charge in [-0.3, -0.25) is 0 Å². The second kappa shape index (κ2) is 11.1. The van der Waals surface area contributed by atoms with Crippen molar-refractivity contribution in [2.75, 3.05) is 0 Å². The second-order valence-electron chi connectivity index (χ2n) is 11.6. The molecule has 3 fully saturated rings. The first-order valence-corrected chi connectivity index (χ1v) is 13.6. The van der Waals surface area contributed by atoms with E-state index in [9.17, 15) is 15.3 Å². The Labute approximate surface area is 208 Å². The summed E-state index contributed by atoms with van der Waals surface area (Å²) in [4.78, 5) is 0. The number of hydrogen-bond donors (Lipinski definition) is 3. The van der Waals surface area contributed by atoms with Crippen LogP contribution >= 0.6 is 0 Å². The van der Waals surface area contributed by atoms with Gasteiger partial charge < -0.3 is 15.3 Å². The Hall–Kier alpha value is -1.42. The van der Waals surface area contributed by atoms with Crippen LogP contribution in [0.5, 0.6) is 0 Å². The number of fused-ring (bicyclic) bond motifs is 1. The van der Waals surface area contributed by atoms with Crippen LogP contribution in [-0.2, 0) is 0 Å². The van der Waals surface area contributed by atoms with Gasteiger partial charge in [0, 0.05) is 6.42 Å². The lowest BCUT2D eigenvalue weighted by Gasteiger charge is -2.44. The molecule has 34 heavy (non-hydrogen) atoms. The first kappa shape index (κ1) is 27.2. The van der Waals surface area contributed by atoms with E-state index in [0.717, 1.165) is 36.0 Å². The fourth-order valence-electron chi connectivity index (χ4n) is 6.97. The molecule has 0 amide bonds. The van der Waals surface area contributed by atoms with E-state index in [1.54, 1.807) is 0 Å². The molecule has 0 aromatic rings. The maximum Gasteiger partial charge on any atom is 0.0828 e. The smallest absolute Gasteiger partial charge is 0.0828 e. The molecule has 0 aromatic carbocycles. The Kier molecular flexibility index (Phi) is 8.87. The SMILES string of the molecule is C=C1/C(=C\C=C2/CCC[C@@]3(C)C2CCC3[C@H](C)/C=C/C(C)=C/C(O)(CC)CC)C[C@@H](O)C[C@@H]1O. The van der Waals surface area contributed by atoms with Gasteiger partial charge in [-0.05, 0) is 92.6 Å². The van der Waals surface area contributed by atoms with Gasteiger partial charge in [0.15, 0.2) is 0 Å². The monoisotopic (exact) mass is 468 g/mol. The largest absolute Gasteiger partial charge is 0.393 e. The first-order valence-electron chi connectivity index (χ1n) is 13.6. The summed E-state index contributed by atoms with van der Waals surface area (Å²) in [6, 6.07) is 0. The van der Waals surface area contributed by atoms with Crippen molar-refractivity contribution in [2.24, 2.45) is 23.2 Å². The summed E-state index contributed by atoms with van der Waals surface area (Å²) in [5.41, 5.74) is 4.05. The first-order chi connectivity index (χ1) is 16.0. The number of hydrogen-bond acceptors (Lipinski definition) is 3. The standard InChI is InChI=1S/C31H48O3/c1-7-31(34,8-2)20-21(3)11-12-22(4)27-15-16-28-24(10-9-17-30(27,28)6)13-14-25-18-26(32)19-29(33)23(25)5/h11-14,20,22,26-29,32-34H,5,7-10,15-19H2,1-4,6H3/b12-11+,21-20+,24-13+,25-14-/t22-,26-,27?,28?,29+,30-/m1/s1. The second-order valence-corrected chi connectivity index (χ2v) is 11.6. The Balaban J connectivity index is 1.75. The van der Waals surface area contributed by atoms with E-state index in [1.165, 1.54) is 31.3 Å². The van der Waals surface area contributed by atoms with Crippen molar-refractivity contribution < 1.29 is 15.3 Å². The highest BCUT2D eigenvalue weighted by Crippen LogP contribution is 2.59. The van der Waals surface area contributed by atoms with E-state index in [2.05, 4.69) is 51.7 Å². The third-order valence-electron chi connectivity index (χ3n) is 9.32. The summed E-state index contributed by atoms with van der Waals surface area (Å²) in [6.07, 6.45) is 18.5. The Morgan fingerprint density at radius 2 is 1.91 bits per heavy atom. The van der Waals surface area contributed by atoms with Crippen molar-refractivity contribution in [3.63, 3.8) is 0 Å². The summed E-state index contributed by atoms with van der Waals surface area (Å²) in [5.74, 6) is 1.76. The maximum atomic E-state index is 10.6. The molecule has 2 unspecified atom stereocenters. The van der Waals surface area contributed by atoms with E-state index in [1.807, 2.05) is 19.9 Å². The van der Waals surface area contributed by atoms with Crippen LogP contribution in [0.4, 0.5) is 0 Å². The van der Waals surface area contributed by atoms with Gasteiger partial charge in [0.1, 0.15) is 0 Å². The van der Waals surface area contributed by atoms with Crippen molar-refractivity contribution in [1.82, 2.24) is 0 Å².